The van der Waals surface area contributed by atoms with Gasteiger partial charge in [-0.25, -0.2) is 0 Å². The van der Waals surface area contributed by atoms with Crippen molar-refractivity contribution in [3.63, 3.8) is 0 Å². The summed E-state index contributed by atoms with van der Waals surface area (Å²) in [6.07, 6.45) is 18.9. The summed E-state index contributed by atoms with van der Waals surface area (Å²) in [5.74, 6) is 0. The smallest absolute Gasteiger partial charge is 0.0249 e. The van der Waals surface area contributed by atoms with Gasteiger partial charge in [0.1, 0.15) is 0 Å². The second-order valence-electron chi connectivity index (χ2n) is 15.8. The average Bonchev–Trinajstić information content (AvgIpc) is 3.06. The molecule has 0 N–H and O–H groups in total. The first-order valence-electron chi connectivity index (χ1n) is 22.1. The van der Waals surface area contributed by atoms with Crippen molar-refractivity contribution in [1.29, 1.82) is 0 Å². The standard InChI is InChI=1S/4C11H23NS2.Pb/c4*1-5-7-9(3)12(11(13)14)10(4)8-6-2;/h4*9-10H,5-8H2,1-4H3,(H,13,14);/p-4. The van der Waals surface area contributed by atoms with Gasteiger partial charge in [0.2, 0.25) is 0 Å². The summed E-state index contributed by atoms with van der Waals surface area (Å²) < 4.78 is 2.53. The Morgan fingerprint density at radius 3 is 0.439 bits per heavy atom. The molecular weight excluding hydrogens is 1050 g/mol. The van der Waals surface area contributed by atoms with E-state index in [1.807, 2.05) is 0 Å². The van der Waals surface area contributed by atoms with Crippen LogP contribution in [-0.2, 0) is 50.5 Å². The van der Waals surface area contributed by atoms with Gasteiger partial charge in [-0.15, -0.1) is 0 Å². The van der Waals surface area contributed by atoms with Crippen LogP contribution in [0.3, 0.4) is 0 Å². The first-order chi connectivity index (χ1) is 26.2. The van der Waals surface area contributed by atoms with Gasteiger partial charge in [0.25, 0.3) is 0 Å². The van der Waals surface area contributed by atoms with Crippen LogP contribution in [0.2, 0.25) is 0 Å². The van der Waals surface area contributed by atoms with Crippen LogP contribution < -0.4 is 0 Å². The van der Waals surface area contributed by atoms with Crippen molar-refractivity contribution in [2.24, 2.45) is 0 Å². The van der Waals surface area contributed by atoms with Crippen molar-refractivity contribution in [2.45, 2.75) is 262 Å². The van der Waals surface area contributed by atoms with Crippen molar-refractivity contribution in [2.75, 3.05) is 0 Å². The molecule has 0 saturated heterocycles. The van der Waals surface area contributed by atoms with E-state index in [2.05, 4.69) is 130 Å². The fourth-order valence-electron chi connectivity index (χ4n) is 7.63. The number of thiocarbonyl (C=S) groups is 4. The van der Waals surface area contributed by atoms with Crippen molar-refractivity contribution >= 4 is 144 Å². The molecule has 0 amide bonds. The van der Waals surface area contributed by atoms with Crippen LogP contribution in [0.5, 0.6) is 0 Å². The SMILES string of the molecule is CCCC(C)N(C(=S)[S-])C(C)CCC.CCCC(C)N(C(=S)[S-])C(C)CCC.CCCC(C)N(C(=S)[S-])C(C)CCC.CCCC(C)N(C(=S)[S-])C(C)CCC.[Pb]. The Kier molecular flexibility index (Phi) is 50.5. The average molecular weight is 1140 g/mol. The number of rotatable bonds is 24. The predicted octanol–water partition coefficient (Wildman–Crippen LogP) is 13.6. The maximum absolute atomic E-state index is 5.14. The summed E-state index contributed by atoms with van der Waals surface area (Å²) in [7, 11) is 0. The minimum absolute atomic E-state index is 0. The monoisotopic (exact) mass is 1140 g/mol. The minimum atomic E-state index is 0. The van der Waals surface area contributed by atoms with E-state index < -0.39 is 0 Å². The Morgan fingerprint density at radius 2 is 0.386 bits per heavy atom. The van der Waals surface area contributed by atoms with Gasteiger partial charge < -0.3 is 119 Å². The van der Waals surface area contributed by atoms with Crippen LogP contribution in [0.25, 0.3) is 0 Å². The molecule has 0 saturated carbocycles. The fourth-order valence-corrected chi connectivity index (χ4v) is 10.5. The van der Waals surface area contributed by atoms with Gasteiger partial charge in [-0.3, -0.25) is 0 Å². The Morgan fingerprint density at radius 1 is 0.298 bits per heavy atom. The molecular formula is C44H88N4PbS8-4. The van der Waals surface area contributed by atoms with Crippen LogP contribution in [0.1, 0.15) is 214 Å². The molecule has 8 unspecified atom stereocenters. The third-order valence-electron chi connectivity index (χ3n) is 10.3. The Bertz CT molecular complexity index is 794. The summed E-state index contributed by atoms with van der Waals surface area (Å²) >= 11 is 41.1. The molecule has 0 aliphatic carbocycles. The van der Waals surface area contributed by atoms with Gasteiger partial charge in [0.05, 0.1) is 0 Å². The van der Waals surface area contributed by atoms with E-state index in [1.54, 1.807) is 0 Å². The Hall–Kier alpha value is 1.36. The molecule has 8 atom stereocenters. The van der Waals surface area contributed by atoms with Crippen molar-refractivity contribution in [3.8, 4) is 0 Å². The van der Waals surface area contributed by atoms with E-state index in [4.69, 9.17) is 99.4 Å². The number of hydrogen-bond donors (Lipinski definition) is 0. The maximum Gasteiger partial charge on any atom is 0.0249 e. The van der Waals surface area contributed by atoms with E-state index in [9.17, 15) is 0 Å². The zero-order chi connectivity index (χ0) is 44.6. The Balaban J connectivity index is -0.000000210. The molecule has 340 valence electrons. The van der Waals surface area contributed by atoms with E-state index in [-0.39, 0.29) is 27.3 Å². The van der Waals surface area contributed by atoms with E-state index >= 15 is 0 Å². The third kappa shape index (κ3) is 32.7. The van der Waals surface area contributed by atoms with Gasteiger partial charge in [-0.05, 0) is 107 Å². The molecule has 0 aromatic carbocycles. The van der Waals surface area contributed by atoms with E-state index in [1.165, 1.54) is 103 Å². The second-order valence-corrected chi connectivity index (χ2v) is 19.9. The first-order valence-corrected chi connectivity index (χ1v) is 25.4. The van der Waals surface area contributed by atoms with Crippen LogP contribution in [-0.4, -0.2) is 113 Å². The molecule has 0 bridgehead atoms. The molecule has 0 aliphatic heterocycles. The molecule has 0 fully saturated rings. The van der Waals surface area contributed by atoms with E-state index in [0.29, 0.717) is 65.6 Å². The first kappa shape index (κ1) is 67.4. The number of nitrogens with zero attached hydrogens (tertiary/aromatic N) is 4. The molecule has 0 aliphatic rings. The third-order valence-corrected chi connectivity index (χ3v) is 12.0. The summed E-state index contributed by atoms with van der Waals surface area (Å²) in [5, 5.41) is 0. The molecule has 4 nitrogen and oxygen atoms in total. The molecule has 0 aromatic heterocycles. The summed E-state index contributed by atoms with van der Waals surface area (Å²) in [6.45, 7) is 35.3. The molecule has 0 heterocycles. The van der Waals surface area contributed by atoms with Crippen LogP contribution in [0.4, 0.5) is 0 Å². The van der Waals surface area contributed by atoms with Crippen LogP contribution in [0.15, 0.2) is 0 Å². The van der Waals surface area contributed by atoms with E-state index in [0.717, 1.165) is 0 Å². The van der Waals surface area contributed by atoms with Crippen LogP contribution in [0, 0.1) is 0 Å². The quantitative estimate of drug-likeness (QED) is 0.0519. The fraction of sp³-hybridized carbons (Fsp3) is 0.909. The zero-order valence-corrected chi connectivity index (χ0v) is 49.9. The molecule has 0 rings (SSSR count). The molecule has 0 aromatic rings. The predicted molar refractivity (Wildman–Crippen MR) is 288 cm³/mol. The summed E-state index contributed by atoms with van der Waals surface area (Å²) in [5.41, 5.74) is 0. The largest absolute Gasteiger partial charge is 0.411 e. The molecule has 13 heteroatoms. The molecule has 4 radical (unpaired) electrons. The van der Waals surface area contributed by atoms with Gasteiger partial charge in [-0.1, -0.05) is 124 Å². The van der Waals surface area contributed by atoms with Crippen LogP contribution >= 0.6 is 48.9 Å². The van der Waals surface area contributed by atoms with Crippen molar-refractivity contribution in [1.82, 2.24) is 19.6 Å². The summed E-state index contributed by atoms with van der Waals surface area (Å²) in [4.78, 5) is 8.88. The molecule has 57 heavy (non-hydrogen) atoms. The minimum Gasteiger partial charge on any atom is -0.411 e. The topological polar surface area (TPSA) is 13.0 Å². The van der Waals surface area contributed by atoms with Crippen molar-refractivity contribution in [3.05, 3.63) is 0 Å². The zero-order valence-electron chi connectivity index (χ0n) is 39.5. The van der Waals surface area contributed by atoms with Crippen molar-refractivity contribution < 1.29 is 0 Å². The summed E-state index contributed by atoms with van der Waals surface area (Å²) in [6, 6.07) is 3.94. The molecule has 0 spiro atoms. The Labute approximate surface area is 421 Å². The van der Waals surface area contributed by atoms with Gasteiger partial charge in [0, 0.05) is 75.6 Å². The maximum atomic E-state index is 5.14. The number of hydrogen-bond acceptors (Lipinski definition) is 8. The van der Waals surface area contributed by atoms with Gasteiger partial charge >= 0.3 is 0 Å². The van der Waals surface area contributed by atoms with Gasteiger partial charge in [0.15, 0.2) is 0 Å². The van der Waals surface area contributed by atoms with Gasteiger partial charge in [-0.2, -0.15) is 0 Å². The second kappa shape index (κ2) is 42.7. The normalized spacial score (nSPS) is 14.6.